The Hall–Kier alpha value is -1.35. The third kappa shape index (κ3) is 14.9. The first-order valence-corrected chi connectivity index (χ1v) is 10.4. The number of hydrogen-bond donors (Lipinski definition) is 2. The molecule has 0 atom stereocenters. The Morgan fingerprint density at radius 3 is 2.08 bits per heavy atom. The smallest absolute Gasteiger partial charge is 0.407 e. The van der Waals surface area contributed by atoms with Crippen LogP contribution in [0, 0.1) is 5.41 Å². The maximum atomic E-state index is 11.9. The highest BCUT2D eigenvalue weighted by atomic mass is 32.2. The van der Waals surface area contributed by atoms with E-state index in [2.05, 4.69) is 10.6 Å². The second-order valence-electron chi connectivity index (χ2n) is 8.06. The Morgan fingerprint density at radius 1 is 0.962 bits per heavy atom. The molecule has 0 radical (unpaired) electrons. The van der Waals surface area contributed by atoms with Crippen LogP contribution in [-0.4, -0.2) is 51.5 Å². The lowest BCUT2D eigenvalue weighted by atomic mass is 9.89. The summed E-state index contributed by atoms with van der Waals surface area (Å²) in [6, 6.07) is 0. The highest BCUT2D eigenvalue weighted by molar-refractivity contribution is 7.86. The molecule has 0 aromatic rings. The summed E-state index contributed by atoms with van der Waals surface area (Å²) in [6.07, 6.45) is 1.21. The van der Waals surface area contributed by atoms with Gasteiger partial charge in [-0.3, -0.25) is 8.98 Å². The molecule has 0 saturated heterocycles. The highest BCUT2D eigenvalue weighted by Gasteiger charge is 2.22. The summed E-state index contributed by atoms with van der Waals surface area (Å²) >= 11 is 0. The maximum absolute atomic E-state index is 11.9. The topological polar surface area (TPSA) is 111 Å². The van der Waals surface area contributed by atoms with Crippen molar-refractivity contribution in [2.24, 2.45) is 5.41 Å². The van der Waals surface area contributed by atoms with Crippen LogP contribution in [0.4, 0.5) is 4.79 Å². The van der Waals surface area contributed by atoms with Gasteiger partial charge in [0.05, 0.1) is 12.4 Å². The normalized spacial score (nSPS) is 12.5. The van der Waals surface area contributed by atoms with Crippen LogP contribution in [-0.2, 0) is 23.8 Å². The molecule has 0 unspecified atom stereocenters. The van der Waals surface area contributed by atoms with Crippen LogP contribution < -0.4 is 10.6 Å². The third-order valence-corrected chi connectivity index (χ3v) is 4.54. The van der Waals surface area contributed by atoms with Crippen LogP contribution in [0.1, 0.15) is 60.8 Å². The lowest BCUT2D eigenvalue weighted by Gasteiger charge is -2.24. The van der Waals surface area contributed by atoms with Gasteiger partial charge in [0.25, 0.3) is 10.1 Å². The maximum Gasteiger partial charge on any atom is 0.407 e. The molecule has 0 fully saturated rings. The largest absolute Gasteiger partial charge is 0.444 e. The molecule has 0 aliphatic heterocycles. The summed E-state index contributed by atoms with van der Waals surface area (Å²) in [7, 11) is -3.62. The lowest BCUT2D eigenvalue weighted by molar-refractivity contribution is -0.118. The molecule has 0 aromatic heterocycles. The monoisotopic (exact) mass is 394 g/mol. The quantitative estimate of drug-likeness (QED) is 0.410. The minimum absolute atomic E-state index is 0.0713. The van der Waals surface area contributed by atoms with Gasteiger partial charge in [0.1, 0.15) is 5.60 Å². The number of carbonyl (C=O) groups is 2. The van der Waals surface area contributed by atoms with Gasteiger partial charge in [0.15, 0.2) is 0 Å². The van der Waals surface area contributed by atoms with Crippen LogP contribution in [0.3, 0.4) is 0 Å². The zero-order valence-corrected chi connectivity index (χ0v) is 17.6. The average Bonchev–Trinajstić information content (AvgIpc) is 2.45. The SMILES string of the molecule is CC(=O)NCCCS(=O)(=O)OCC(C)(C)CCCNC(=O)OC(C)(C)C. The van der Waals surface area contributed by atoms with E-state index in [1.54, 1.807) is 20.8 Å². The summed E-state index contributed by atoms with van der Waals surface area (Å²) in [5.41, 5.74) is -0.883. The summed E-state index contributed by atoms with van der Waals surface area (Å²) in [5, 5.41) is 5.22. The Bertz CT molecular complexity index is 552. The first-order chi connectivity index (χ1) is 11.7. The summed E-state index contributed by atoms with van der Waals surface area (Å²) < 4.78 is 34.0. The number of carbonyl (C=O) groups excluding carboxylic acids is 2. The van der Waals surface area contributed by atoms with Crippen molar-refractivity contribution < 1.29 is 26.9 Å². The van der Waals surface area contributed by atoms with Gasteiger partial charge in [-0.15, -0.1) is 0 Å². The number of rotatable bonds is 11. The fourth-order valence-electron chi connectivity index (χ4n) is 1.97. The van der Waals surface area contributed by atoms with E-state index in [0.717, 1.165) is 0 Å². The third-order valence-electron chi connectivity index (χ3n) is 3.27. The minimum atomic E-state index is -3.62. The average molecular weight is 395 g/mol. The molecule has 0 aliphatic rings. The molecule has 0 saturated carbocycles. The Morgan fingerprint density at radius 2 is 1.54 bits per heavy atom. The van der Waals surface area contributed by atoms with E-state index in [1.165, 1.54) is 6.92 Å². The predicted octanol–water partition coefficient (Wildman–Crippen LogP) is 2.19. The van der Waals surface area contributed by atoms with Gasteiger partial charge in [-0.05, 0) is 45.4 Å². The van der Waals surface area contributed by atoms with Crippen molar-refractivity contribution in [3.8, 4) is 0 Å². The molecule has 0 spiro atoms. The standard InChI is InChI=1S/C17H34N2O6S/c1-14(20)18-11-8-12-26(22,23)24-13-17(5,6)9-7-10-19-15(21)25-16(2,3)4/h7-13H2,1-6H3,(H,18,20)(H,19,21). The Balaban J connectivity index is 4.06. The van der Waals surface area contributed by atoms with Crippen molar-refractivity contribution in [3.63, 3.8) is 0 Å². The van der Waals surface area contributed by atoms with E-state index < -0.39 is 21.8 Å². The van der Waals surface area contributed by atoms with Crippen LogP contribution in [0.2, 0.25) is 0 Å². The Labute approximate surface area is 157 Å². The van der Waals surface area contributed by atoms with Crippen molar-refractivity contribution in [2.75, 3.05) is 25.4 Å². The molecule has 0 aliphatic carbocycles. The molecule has 26 heavy (non-hydrogen) atoms. The van der Waals surface area contributed by atoms with Crippen LogP contribution in [0.15, 0.2) is 0 Å². The van der Waals surface area contributed by atoms with Gasteiger partial charge in [-0.1, -0.05) is 13.8 Å². The number of ether oxygens (including phenoxy) is 1. The van der Waals surface area contributed by atoms with E-state index in [4.69, 9.17) is 8.92 Å². The highest BCUT2D eigenvalue weighted by Crippen LogP contribution is 2.23. The number of nitrogens with one attached hydrogen (secondary N) is 2. The lowest BCUT2D eigenvalue weighted by Crippen LogP contribution is -2.33. The van der Waals surface area contributed by atoms with E-state index in [1.807, 2.05) is 13.8 Å². The molecule has 9 heteroatoms. The van der Waals surface area contributed by atoms with Gasteiger partial charge in [0.2, 0.25) is 5.91 Å². The predicted molar refractivity (Wildman–Crippen MR) is 100 cm³/mol. The van der Waals surface area contributed by atoms with Crippen LogP contribution in [0.5, 0.6) is 0 Å². The van der Waals surface area contributed by atoms with Gasteiger partial charge in [-0.25, -0.2) is 4.79 Å². The molecule has 0 heterocycles. The number of alkyl carbamates (subject to hydrolysis) is 1. The van der Waals surface area contributed by atoms with Crippen molar-refractivity contribution >= 4 is 22.1 Å². The van der Waals surface area contributed by atoms with E-state index in [-0.39, 0.29) is 23.7 Å². The van der Waals surface area contributed by atoms with Gasteiger partial charge in [0, 0.05) is 20.0 Å². The van der Waals surface area contributed by atoms with Crippen molar-refractivity contribution in [3.05, 3.63) is 0 Å². The number of hydrogen-bond acceptors (Lipinski definition) is 6. The molecule has 2 N–H and O–H groups in total. The molecular formula is C17H34N2O6S. The fraction of sp³-hybridized carbons (Fsp3) is 0.882. The molecule has 0 rings (SSSR count). The minimum Gasteiger partial charge on any atom is -0.444 e. The zero-order valence-electron chi connectivity index (χ0n) is 16.8. The summed E-state index contributed by atoms with van der Waals surface area (Å²) in [6.45, 7) is 11.4. The number of amides is 2. The molecular weight excluding hydrogens is 360 g/mol. The fourth-order valence-corrected chi connectivity index (χ4v) is 3.08. The second-order valence-corrected chi connectivity index (χ2v) is 9.82. The molecule has 2 amide bonds. The van der Waals surface area contributed by atoms with Gasteiger partial charge >= 0.3 is 6.09 Å². The van der Waals surface area contributed by atoms with Crippen molar-refractivity contribution in [1.82, 2.24) is 10.6 Å². The Kier molecular flexibility index (Phi) is 10.2. The van der Waals surface area contributed by atoms with Crippen molar-refractivity contribution in [1.29, 1.82) is 0 Å². The zero-order chi connectivity index (χ0) is 20.4. The van der Waals surface area contributed by atoms with Crippen LogP contribution in [0.25, 0.3) is 0 Å². The van der Waals surface area contributed by atoms with Crippen molar-refractivity contribution in [2.45, 2.75) is 66.4 Å². The first-order valence-electron chi connectivity index (χ1n) is 8.81. The first kappa shape index (κ1) is 24.7. The molecule has 154 valence electrons. The van der Waals surface area contributed by atoms with E-state index >= 15 is 0 Å². The molecule has 0 aromatic carbocycles. The van der Waals surface area contributed by atoms with E-state index in [9.17, 15) is 18.0 Å². The van der Waals surface area contributed by atoms with Gasteiger partial charge in [-0.2, -0.15) is 8.42 Å². The molecule has 8 nitrogen and oxygen atoms in total. The summed E-state index contributed by atoms with van der Waals surface area (Å²) in [5.74, 6) is -0.326. The summed E-state index contributed by atoms with van der Waals surface area (Å²) in [4.78, 5) is 22.3. The van der Waals surface area contributed by atoms with Crippen LogP contribution >= 0.6 is 0 Å². The molecule has 0 bridgehead atoms. The van der Waals surface area contributed by atoms with Gasteiger partial charge < -0.3 is 15.4 Å². The second kappa shape index (κ2) is 10.7. The van der Waals surface area contributed by atoms with E-state index in [0.29, 0.717) is 32.4 Å².